The highest BCUT2D eigenvalue weighted by Crippen LogP contribution is 2.17. The minimum absolute atomic E-state index is 0.0831. The Hall–Kier alpha value is -3.08. The number of amides is 1. The normalized spacial score (nSPS) is 10.6. The third-order valence-electron chi connectivity index (χ3n) is 4.45. The lowest BCUT2D eigenvalue weighted by atomic mass is 10.1. The molecular weight excluding hydrogens is 338 g/mol. The summed E-state index contributed by atoms with van der Waals surface area (Å²) in [5, 5.41) is 3.00. The van der Waals surface area contributed by atoms with Crippen molar-refractivity contribution in [2.24, 2.45) is 0 Å². The first-order chi connectivity index (χ1) is 13.3. The Morgan fingerprint density at radius 1 is 1.11 bits per heavy atom. The van der Waals surface area contributed by atoms with Crippen molar-refractivity contribution in [1.29, 1.82) is 0 Å². The molecule has 0 unspecified atom stereocenters. The van der Waals surface area contributed by atoms with Gasteiger partial charge in [-0.1, -0.05) is 42.5 Å². The van der Waals surface area contributed by atoms with Gasteiger partial charge in [0.15, 0.2) is 0 Å². The van der Waals surface area contributed by atoms with Crippen LogP contribution in [-0.4, -0.2) is 29.1 Å². The van der Waals surface area contributed by atoms with Crippen molar-refractivity contribution in [1.82, 2.24) is 14.9 Å². The minimum Gasteiger partial charge on any atom is -0.497 e. The van der Waals surface area contributed by atoms with Crippen molar-refractivity contribution >= 4 is 5.91 Å². The van der Waals surface area contributed by atoms with Gasteiger partial charge in [-0.05, 0) is 30.5 Å². The molecule has 0 spiro atoms. The van der Waals surface area contributed by atoms with Crippen LogP contribution in [0.3, 0.4) is 0 Å². The molecule has 5 nitrogen and oxygen atoms in total. The van der Waals surface area contributed by atoms with Crippen LogP contribution in [0.15, 0.2) is 67.0 Å². The van der Waals surface area contributed by atoms with Gasteiger partial charge >= 0.3 is 0 Å². The SMILES string of the molecule is COc1ccc(CCC(=O)NCCCn2ccnc2-c2ccccc2)cc1. The lowest BCUT2D eigenvalue weighted by molar-refractivity contribution is -0.121. The van der Waals surface area contributed by atoms with Crippen LogP contribution in [0.25, 0.3) is 11.4 Å². The van der Waals surface area contributed by atoms with Crippen molar-refractivity contribution in [2.75, 3.05) is 13.7 Å². The van der Waals surface area contributed by atoms with E-state index >= 15 is 0 Å². The molecule has 1 N–H and O–H groups in total. The van der Waals surface area contributed by atoms with Crippen molar-refractivity contribution in [3.8, 4) is 17.1 Å². The molecule has 0 bridgehead atoms. The predicted molar refractivity (Wildman–Crippen MR) is 107 cm³/mol. The molecule has 3 aromatic rings. The quantitative estimate of drug-likeness (QED) is 0.590. The highest BCUT2D eigenvalue weighted by atomic mass is 16.5. The molecule has 1 heterocycles. The van der Waals surface area contributed by atoms with Crippen LogP contribution in [0.4, 0.5) is 0 Å². The zero-order chi connectivity index (χ0) is 18.9. The van der Waals surface area contributed by atoms with Crippen molar-refractivity contribution in [3.05, 3.63) is 72.6 Å². The zero-order valence-corrected chi connectivity index (χ0v) is 15.6. The summed E-state index contributed by atoms with van der Waals surface area (Å²) >= 11 is 0. The maximum atomic E-state index is 12.0. The van der Waals surface area contributed by atoms with Gasteiger partial charge in [-0.2, -0.15) is 0 Å². The first-order valence-corrected chi connectivity index (χ1v) is 9.22. The number of nitrogens with one attached hydrogen (secondary N) is 1. The van der Waals surface area contributed by atoms with E-state index in [2.05, 4.69) is 27.0 Å². The zero-order valence-electron chi connectivity index (χ0n) is 15.6. The molecule has 27 heavy (non-hydrogen) atoms. The summed E-state index contributed by atoms with van der Waals surface area (Å²) in [7, 11) is 1.65. The Labute approximate surface area is 160 Å². The fourth-order valence-corrected chi connectivity index (χ4v) is 2.95. The maximum absolute atomic E-state index is 12.0. The molecule has 3 rings (SSSR count). The highest BCUT2D eigenvalue weighted by Gasteiger charge is 2.06. The van der Waals surface area contributed by atoms with Crippen LogP contribution in [0.1, 0.15) is 18.4 Å². The standard InChI is InChI=1S/C22H25N3O2/c1-27-20-11-8-18(9-12-20)10-13-21(26)23-14-5-16-25-17-15-24-22(25)19-6-3-2-4-7-19/h2-4,6-9,11-12,15,17H,5,10,13-14,16H2,1H3,(H,23,26). The number of hydrogen-bond donors (Lipinski definition) is 1. The van der Waals surface area contributed by atoms with Crippen LogP contribution in [0.2, 0.25) is 0 Å². The molecule has 0 atom stereocenters. The molecule has 5 heteroatoms. The Kier molecular flexibility index (Phi) is 6.63. The first-order valence-electron chi connectivity index (χ1n) is 9.22. The van der Waals surface area contributed by atoms with E-state index in [0.717, 1.165) is 42.1 Å². The topological polar surface area (TPSA) is 56.1 Å². The molecule has 1 aromatic heterocycles. The van der Waals surface area contributed by atoms with Gasteiger partial charge in [-0.3, -0.25) is 4.79 Å². The number of methoxy groups -OCH3 is 1. The monoisotopic (exact) mass is 363 g/mol. The van der Waals surface area contributed by atoms with Gasteiger partial charge < -0.3 is 14.6 Å². The second-order valence-electron chi connectivity index (χ2n) is 6.36. The molecule has 0 radical (unpaired) electrons. The van der Waals surface area contributed by atoms with Crippen LogP contribution in [-0.2, 0) is 17.8 Å². The lowest BCUT2D eigenvalue weighted by Crippen LogP contribution is -2.25. The number of aryl methyl sites for hydroxylation is 2. The summed E-state index contributed by atoms with van der Waals surface area (Å²) in [4.78, 5) is 16.5. The van der Waals surface area contributed by atoms with Gasteiger partial charge in [0, 0.05) is 37.5 Å². The van der Waals surface area contributed by atoms with E-state index in [-0.39, 0.29) is 5.91 Å². The van der Waals surface area contributed by atoms with E-state index < -0.39 is 0 Å². The molecule has 0 aliphatic carbocycles. The molecule has 2 aromatic carbocycles. The van der Waals surface area contributed by atoms with Crippen LogP contribution < -0.4 is 10.1 Å². The number of rotatable bonds is 9. The molecule has 140 valence electrons. The molecule has 1 amide bonds. The van der Waals surface area contributed by atoms with Crippen LogP contribution in [0, 0.1) is 0 Å². The van der Waals surface area contributed by atoms with Gasteiger partial charge in [0.25, 0.3) is 0 Å². The molecule has 0 saturated carbocycles. The van der Waals surface area contributed by atoms with Crippen LogP contribution >= 0.6 is 0 Å². The Balaban J connectivity index is 1.39. The predicted octanol–water partition coefficient (Wildman–Crippen LogP) is 3.70. The van der Waals surface area contributed by atoms with E-state index in [1.807, 2.05) is 54.9 Å². The summed E-state index contributed by atoms with van der Waals surface area (Å²) in [5.74, 6) is 1.87. The van der Waals surface area contributed by atoms with Gasteiger partial charge in [0.2, 0.25) is 5.91 Å². The van der Waals surface area contributed by atoms with E-state index in [1.165, 1.54) is 0 Å². The van der Waals surface area contributed by atoms with Gasteiger partial charge in [0.05, 0.1) is 7.11 Å². The third-order valence-corrected chi connectivity index (χ3v) is 4.45. The molecule has 0 saturated heterocycles. The fourth-order valence-electron chi connectivity index (χ4n) is 2.95. The number of carbonyl (C=O) groups excluding carboxylic acids is 1. The largest absolute Gasteiger partial charge is 0.497 e. The average Bonchev–Trinajstić information content (AvgIpc) is 3.19. The summed E-state index contributed by atoms with van der Waals surface area (Å²) < 4.78 is 7.27. The number of hydrogen-bond acceptors (Lipinski definition) is 3. The number of imidazole rings is 1. The van der Waals surface area contributed by atoms with Crippen LogP contribution in [0.5, 0.6) is 5.75 Å². The lowest BCUT2D eigenvalue weighted by Gasteiger charge is -2.09. The van der Waals surface area contributed by atoms with Gasteiger partial charge in [-0.25, -0.2) is 4.98 Å². The minimum atomic E-state index is 0.0831. The Morgan fingerprint density at radius 3 is 2.63 bits per heavy atom. The average molecular weight is 363 g/mol. The summed E-state index contributed by atoms with van der Waals surface area (Å²) in [5.41, 5.74) is 2.24. The maximum Gasteiger partial charge on any atom is 0.220 e. The van der Waals surface area contributed by atoms with Crippen molar-refractivity contribution < 1.29 is 9.53 Å². The Morgan fingerprint density at radius 2 is 1.89 bits per heavy atom. The molecular formula is C22H25N3O2. The van der Waals surface area contributed by atoms with E-state index in [1.54, 1.807) is 7.11 Å². The number of ether oxygens (including phenoxy) is 1. The van der Waals surface area contributed by atoms with Gasteiger partial charge in [-0.15, -0.1) is 0 Å². The number of aromatic nitrogens is 2. The summed E-state index contributed by atoms with van der Waals surface area (Å²) in [6.07, 6.45) is 5.89. The summed E-state index contributed by atoms with van der Waals surface area (Å²) in [6.45, 7) is 1.48. The molecule has 0 fully saturated rings. The second-order valence-corrected chi connectivity index (χ2v) is 6.36. The fraction of sp³-hybridized carbons (Fsp3) is 0.273. The number of nitrogens with zero attached hydrogens (tertiary/aromatic N) is 2. The van der Waals surface area contributed by atoms with E-state index in [0.29, 0.717) is 13.0 Å². The van der Waals surface area contributed by atoms with E-state index in [9.17, 15) is 4.79 Å². The highest BCUT2D eigenvalue weighted by molar-refractivity contribution is 5.76. The molecule has 0 aliphatic rings. The smallest absolute Gasteiger partial charge is 0.220 e. The second kappa shape index (κ2) is 9.57. The molecule has 0 aliphatic heterocycles. The van der Waals surface area contributed by atoms with Crippen molar-refractivity contribution in [2.45, 2.75) is 25.8 Å². The third kappa shape index (κ3) is 5.45. The van der Waals surface area contributed by atoms with Gasteiger partial charge in [0.1, 0.15) is 11.6 Å². The number of benzene rings is 2. The number of carbonyl (C=O) groups is 1. The van der Waals surface area contributed by atoms with E-state index in [4.69, 9.17) is 4.74 Å². The Bertz CT molecular complexity index is 842. The van der Waals surface area contributed by atoms with Crippen molar-refractivity contribution in [3.63, 3.8) is 0 Å². The first kappa shape index (κ1) is 18.7. The summed E-state index contributed by atoms with van der Waals surface area (Å²) in [6, 6.07) is 18.0.